The van der Waals surface area contributed by atoms with Gasteiger partial charge in [-0.15, -0.1) is 0 Å². The molecule has 2 saturated heterocycles. The minimum absolute atomic E-state index is 0.0629. The number of H-pyrrole nitrogens is 1. The van der Waals surface area contributed by atoms with Gasteiger partial charge in [-0.25, -0.2) is 0 Å². The molecule has 2 N–H and O–H groups in total. The van der Waals surface area contributed by atoms with E-state index in [0.717, 1.165) is 17.3 Å². The van der Waals surface area contributed by atoms with Crippen LogP contribution in [-0.4, -0.2) is 63.7 Å². The van der Waals surface area contributed by atoms with Gasteiger partial charge >= 0.3 is 0 Å². The number of hydrogen-bond donors (Lipinski definition) is 2. The number of hydrogen-bond acceptors (Lipinski definition) is 4. The highest BCUT2D eigenvalue weighted by Crippen LogP contribution is 2.34. The normalized spacial score (nSPS) is 19.8. The third kappa shape index (κ3) is 4.22. The largest absolute Gasteiger partial charge is 0.351 e. The lowest BCUT2D eigenvalue weighted by Gasteiger charge is -2.39. The molecule has 2 aliphatic rings. The molecule has 2 bridgehead atoms. The number of piperazine rings is 1. The second kappa shape index (κ2) is 8.83. The van der Waals surface area contributed by atoms with Crippen molar-refractivity contribution < 1.29 is 14.4 Å². The van der Waals surface area contributed by atoms with Gasteiger partial charge in [-0.2, -0.15) is 5.26 Å². The van der Waals surface area contributed by atoms with Crippen molar-refractivity contribution >= 4 is 28.6 Å². The SMILES string of the molecule is CC(C)(C)C(NC(=O)c1cc2ccccc2[nH]1)C(=O)N1C[C@@H]2C[C@H]1CN2C(=O)c1ccc(C#N)cc1. The number of aromatic amines is 1. The van der Waals surface area contributed by atoms with Gasteiger partial charge in [-0.3, -0.25) is 14.4 Å². The van der Waals surface area contributed by atoms with Crippen LogP contribution in [0.4, 0.5) is 0 Å². The van der Waals surface area contributed by atoms with Crippen molar-refractivity contribution in [1.82, 2.24) is 20.1 Å². The maximum absolute atomic E-state index is 13.7. The Morgan fingerprint density at radius 3 is 2.31 bits per heavy atom. The van der Waals surface area contributed by atoms with E-state index in [9.17, 15) is 14.4 Å². The average molecular weight is 484 g/mol. The number of nitrogens with zero attached hydrogens (tertiary/aromatic N) is 3. The molecule has 3 aromatic rings. The van der Waals surface area contributed by atoms with Crippen LogP contribution >= 0.6 is 0 Å². The molecule has 3 amide bonds. The summed E-state index contributed by atoms with van der Waals surface area (Å²) >= 11 is 0. The van der Waals surface area contributed by atoms with Gasteiger partial charge < -0.3 is 20.1 Å². The van der Waals surface area contributed by atoms with E-state index < -0.39 is 11.5 Å². The van der Waals surface area contributed by atoms with E-state index in [1.807, 2.05) is 54.8 Å². The number of nitriles is 1. The van der Waals surface area contributed by atoms with Gasteiger partial charge in [-0.05, 0) is 48.2 Å². The molecule has 2 fully saturated rings. The van der Waals surface area contributed by atoms with Crippen LogP contribution in [-0.2, 0) is 4.79 Å². The summed E-state index contributed by atoms with van der Waals surface area (Å²) in [4.78, 5) is 46.7. The third-order valence-corrected chi connectivity index (χ3v) is 7.21. The van der Waals surface area contributed by atoms with Crippen molar-refractivity contribution in [2.45, 2.75) is 45.3 Å². The number of likely N-dealkylation sites (tertiary alicyclic amines) is 2. The Bertz CT molecular complexity index is 1350. The summed E-state index contributed by atoms with van der Waals surface area (Å²) in [6, 6.07) is 17.3. The van der Waals surface area contributed by atoms with Crippen LogP contribution in [0.1, 0.15) is 53.6 Å². The Kier molecular flexibility index (Phi) is 5.79. The summed E-state index contributed by atoms with van der Waals surface area (Å²) in [7, 11) is 0. The molecule has 8 heteroatoms. The average Bonchev–Trinajstić information content (AvgIpc) is 3.59. The first-order valence-corrected chi connectivity index (χ1v) is 12.2. The van der Waals surface area contributed by atoms with Gasteiger partial charge in [0, 0.05) is 29.6 Å². The van der Waals surface area contributed by atoms with E-state index in [1.165, 1.54) is 0 Å². The summed E-state index contributed by atoms with van der Waals surface area (Å²) in [5, 5.41) is 12.9. The smallest absolute Gasteiger partial charge is 0.268 e. The van der Waals surface area contributed by atoms with Crippen LogP contribution < -0.4 is 5.32 Å². The monoisotopic (exact) mass is 483 g/mol. The van der Waals surface area contributed by atoms with E-state index in [-0.39, 0.29) is 29.8 Å². The van der Waals surface area contributed by atoms with Crippen LogP contribution in [0.2, 0.25) is 0 Å². The number of aromatic nitrogens is 1. The van der Waals surface area contributed by atoms with Crippen molar-refractivity contribution in [2.24, 2.45) is 5.41 Å². The van der Waals surface area contributed by atoms with E-state index in [2.05, 4.69) is 16.4 Å². The van der Waals surface area contributed by atoms with Crippen molar-refractivity contribution in [2.75, 3.05) is 13.1 Å². The number of para-hydroxylation sites is 1. The molecule has 5 rings (SSSR count). The fourth-order valence-corrected chi connectivity index (χ4v) is 5.26. The summed E-state index contributed by atoms with van der Waals surface area (Å²) < 4.78 is 0. The lowest BCUT2D eigenvalue weighted by atomic mass is 9.85. The predicted molar refractivity (Wildman–Crippen MR) is 135 cm³/mol. The van der Waals surface area contributed by atoms with Crippen LogP contribution in [0.3, 0.4) is 0 Å². The maximum atomic E-state index is 13.7. The molecule has 184 valence electrons. The molecule has 36 heavy (non-hydrogen) atoms. The van der Waals surface area contributed by atoms with Gasteiger partial charge in [0.25, 0.3) is 11.8 Å². The lowest BCUT2D eigenvalue weighted by Crippen LogP contribution is -2.59. The number of benzene rings is 2. The summed E-state index contributed by atoms with van der Waals surface area (Å²) in [5.41, 5.74) is 1.83. The second-order valence-electron chi connectivity index (χ2n) is 10.7. The summed E-state index contributed by atoms with van der Waals surface area (Å²) in [6.07, 6.45) is 0.723. The van der Waals surface area contributed by atoms with Gasteiger partial charge in [0.05, 0.1) is 23.7 Å². The number of carbonyl (C=O) groups excluding carboxylic acids is 3. The Morgan fingerprint density at radius 2 is 1.69 bits per heavy atom. The quantitative estimate of drug-likeness (QED) is 0.593. The molecular weight excluding hydrogens is 454 g/mol. The highest BCUT2D eigenvalue weighted by Gasteiger charge is 2.49. The number of carbonyl (C=O) groups is 3. The summed E-state index contributed by atoms with van der Waals surface area (Å²) in [5.74, 6) is -0.523. The molecule has 1 unspecified atom stereocenters. The zero-order chi connectivity index (χ0) is 25.6. The first-order valence-electron chi connectivity index (χ1n) is 12.2. The standard InChI is InChI=1S/C28H29N5O3/c1-28(2,3)24(31-25(34)23-12-19-6-4-5-7-22(19)30-23)27(36)33-16-20-13-21(33)15-32(20)26(35)18-10-8-17(14-29)9-11-18/h4-12,20-21,24,30H,13,15-16H2,1-3H3,(H,31,34)/t20-,21-,24?/m0/s1. The molecule has 3 heterocycles. The van der Waals surface area contributed by atoms with Crippen LogP contribution in [0.25, 0.3) is 10.9 Å². The number of amides is 3. The van der Waals surface area contributed by atoms with Crippen LogP contribution in [0.15, 0.2) is 54.6 Å². The Labute approximate surface area is 209 Å². The zero-order valence-corrected chi connectivity index (χ0v) is 20.6. The van der Waals surface area contributed by atoms with E-state index >= 15 is 0 Å². The molecule has 0 saturated carbocycles. The number of fused-ring (bicyclic) bond motifs is 3. The number of rotatable bonds is 4. The Hall–Kier alpha value is -4.12. The molecule has 2 aromatic carbocycles. The fourth-order valence-electron chi connectivity index (χ4n) is 5.26. The highest BCUT2D eigenvalue weighted by atomic mass is 16.2. The number of nitrogens with one attached hydrogen (secondary N) is 2. The third-order valence-electron chi connectivity index (χ3n) is 7.21. The fraction of sp³-hybridized carbons (Fsp3) is 0.357. The Balaban J connectivity index is 1.29. The van der Waals surface area contributed by atoms with Gasteiger partial charge in [0.1, 0.15) is 11.7 Å². The lowest BCUT2D eigenvalue weighted by molar-refractivity contribution is -0.138. The van der Waals surface area contributed by atoms with E-state index in [4.69, 9.17) is 5.26 Å². The van der Waals surface area contributed by atoms with Crippen LogP contribution in [0, 0.1) is 16.7 Å². The minimum atomic E-state index is -0.710. The molecule has 2 aliphatic heterocycles. The molecule has 8 nitrogen and oxygen atoms in total. The van der Waals surface area contributed by atoms with Crippen molar-refractivity contribution in [3.63, 3.8) is 0 Å². The molecule has 0 radical (unpaired) electrons. The van der Waals surface area contributed by atoms with E-state index in [0.29, 0.717) is 29.9 Å². The highest BCUT2D eigenvalue weighted by molar-refractivity contribution is 6.00. The predicted octanol–water partition coefficient (Wildman–Crippen LogP) is 3.31. The Morgan fingerprint density at radius 1 is 1.03 bits per heavy atom. The second-order valence-corrected chi connectivity index (χ2v) is 10.7. The topological polar surface area (TPSA) is 109 Å². The van der Waals surface area contributed by atoms with Gasteiger partial charge in [0.2, 0.25) is 5.91 Å². The summed E-state index contributed by atoms with van der Waals surface area (Å²) in [6.45, 7) is 6.73. The van der Waals surface area contributed by atoms with Gasteiger partial charge in [-0.1, -0.05) is 39.0 Å². The molecule has 0 aliphatic carbocycles. The van der Waals surface area contributed by atoms with Crippen molar-refractivity contribution in [3.8, 4) is 6.07 Å². The maximum Gasteiger partial charge on any atom is 0.268 e. The van der Waals surface area contributed by atoms with Crippen LogP contribution in [0.5, 0.6) is 0 Å². The minimum Gasteiger partial charge on any atom is -0.351 e. The zero-order valence-electron chi connectivity index (χ0n) is 20.6. The molecular formula is C28H29N5O3. The van der Waals surface area contributed by atoms with Crippen molar-refractivity contribution in [1.29, 1.82) is 5.26 Å². The first-order chi connectivity index (χ1) is 17.2. The van der Waals surface area contributed by atoms with E-state index in [1.54, 1.807) is 30.3 Å². The van der Waals surface area contributed by atoms with Gasteiger partial charge in [0.15, 0.2) is 0 Å². The molecule has 3 atom stereocenters. The molecule has 0 spiro atoms. The van der Waals surface area contributed by atoms with Crippen molar-refractivity contribution in [3.05, 3.63) is 71.4 Å². The molecule has 1 aromatic heterocycles. The first kappa shape index (κ1) is 23.6.